The van der Waals surface area contributed by atoms with Gasteiger partial charge in [-0.25, -0.2) is 0 Å². The molecule has 0 amide bonds. The van der Waals surface area contributed by atoms with Crippen LogP contribution in [0.1, 0.15) is 40.7 Å². The molecule has 0 aliphatic heterocycles. The van der Waals surface area contributed by atoms with E-state index in [1.165, 1.54) is 5.56 Å². The van der Waals surface area contributed by atoms with Gasteiger partial charge in [0, 0.05) is 23.7 Å². The third-order valence-electron chi connectivity index (χ3n) is 4.35. The van der Waals surface area contributed by atoms with Crippen LogP contribution in [0, 0.1) is 6.92 Å². The molecule has 1 unspecified atom stereocenters. The maximum absolute atomic E-state index is 12.5. The average molecular weight is 315 g/mol. The standard InChI is InChI=1S/C22H21NO/c1-16-7-6-14-23-22(16)20-12-10-19(11-13-20)21(24)15-17(2)18-8-4-3-5-9-18/h3-14,17H,15H2,1-2H3. The van der Waals surface area contributed by atoms with Gasteiger partial charge in [0.15, 0.2) is 5.78 Å². The fraction of sp³-hybridized carbons (Fsp3) is 0.182. The largest absolute Gasteiger partial charge is 0.294 e. The Morgan fingerprint density at radius 3 is 2.33 bits per heavy atom. The van der Waals surface area contributed by atoms with Gasteiger partial charge in [0.1, 0.15) is 0 Å². The molecule has 1 heterocycles. The number of hydrogen-bond acceptors (Lipinski definition) is 2. The topological polar surface area (TPSA) is 30.0 Å². The van der Waals surface area contributed by atoms with E-state index in [2.05, 4.69) is 24.0 Å². The second-order valence-corrected chi connectivity index (χ2v) is 6.19. The van der Waals surface area contributed by atoms with Crippen LogP contribution in [0.5, 0.6) is 0 Å². The highest BCUT2D eigenvalue weighted by Crippen LogP contribution is 2.24. The van der Waals surface area contributed by atoms with Crippen molar-refractivity contribution in [3.05, 3.63) is 89.6 Å². The molecule has 2 nitrogen and oxygen atoms in total. The van der Waals surface area contributed by atoms with Crippen molar-refractivity contribution in [1.29, 1.82) is 0 Å². The fourth-order valence-electron chi connectivity index (χ4n) is 2.90. The summed E-state index contributed by atoms with van der Waals surface area (Å²) in [6.07, 6.45) is 2.31. The monoisotopic (exact) mass is 315 g/mol. The summed E-state index contributed by atoms with van der Waals surface area (Å²) in [5.41, 5.74) is 5.10. The molecule has 0 radical (unpaired) electrons. The van der Waals surface area contributed by atoms with E-state index in [1.807, 2.05) is 61.5 Å². The lowest BCUT2D eigenvalue weighted by atomic mass is 9.93. The minimum absolute atomic E-state index is 0.177. The van der Waals surface area contributed by atoms with E-state index in [9.17, 15) is 4.79 Å². The van der Waals surface area contributed by atoms with E-state index in [0.29, 0.717) is 6.42 Å². The highest BCUT2D eigenvalue weighted by molar-refractivity contribution is 5.97. The smallest absolute Gasteiger partial charge is 0.163 e. The van der Waals surface area contributed by atoms with Crippen LogP contribution in [0.2, 0.25) is 0 Å². The third-order valence-corrected chi connectivity index (χ3v) is 4.35. The molecular weight excluding hydrogens is 294 g/mol. The summed E-state index contributed by atoms with van der Waals surface area (Å²) in [5, 5.41) is 0. The third kappa shape index (κ3) is 3.60. The second kappa shape index (κ2) is 7.22. The molecule has 120 valence electrons. The van der Waals surface area contributed by atoms with Gasteiger partial charge in [-0.05, 0) is 30.0 Å². The van der Waals surface area contributed by atoms with Gasteiger partial charge in [-0.1, -0.05) is 67.6 Å². The van der Waals surface area contributed by atoms with Crippen LogP contribution in [0.4, 0.5) is 0 Å². The highest BCUT2D eigenvalue weighted by Gasteiger charge is 2.13. The summed E-state index contributed by atoms with van der Waals surface area (Å²) in [6.45, 7) is 4.14. The molecule has 0 saturated carbocycles. The molecule has 0 aliphatic rings. The normalized spacial score (nSPS) is 11.9. The fourth-order valence-corrected chi connectivity index (χ4v) is 2.90. The average Bonchev–Trinajstić information content (AvgIpc) is 2.63. The Hall–Kier alpha value is -2.74. The van der Waals surface area contributed by atoms with Crippen molar-refractivity contribution in [2.45, 2.75) is 26.2 Å². The van der Waals surface area contributed by atoms with Crippen LogP contribution < -0.4 is 0 Å². The quantitative estimate of drug-likeness (QED) is 0.587. The van der Waals surface area contributed by atoms with Crippen LogP contribution in [-0.2, 0) is 0 Å². The molecule has 2 heteroatoms. The predicted octanol–water partition coefficient (Wildman–Crippen LogP) is 5.43. The number of Topliss-reactive ketones (excluding diaryl/α,β-unsaturated/α-hetero) is 1. The van der Waals surface area contributed by atoms with Gasteiger partial charge in [0.2, 0.25) is 0 Å². The Morgan fingerprint density at radius 2 is 1.67 bits per heavy atom. The van der Waals surface area contributed by atoms with E-state index in [0.717, 1.165) is 22.4 Å². The maximum atomic E-state index is 12.5. The zero-order chi connectivity index (χ0) is 16.9. The van der Waals surface area contributed by atoms with Crippen molar-refractivity contribution < 1.29 is 4.79 Å². The summed E-state index contributed by atoms with van der Waals surface area (Å²) in [4.78, 5) is 17.0. The number of rotatable bonds is 5. The second-order valence-electron chi connectivity index (χ2n) is 6.19. The van der Waals surface area contributed by atoms with Crippen LogP contribution in [0.25, 0.3) is 11.3 Å². The van der Waals surface area contributed by atoms with Crippen LogP contribution in [0.15, 0.2) is 72.9 Å². The molecule has 0 bridgehead atoms. The van der Waals surface area contributed by atoms with Crippen LogP contribution in [-0.4, -0.2) is 10.8 Å². The highest BCUT2D eigenvalue weighted by atomic mass is 16.1. The minimum atomic E-state index is 0.177. The van der Waals surface area contributed by atoms with Gasteiger partial charge in [-0.2, -0.15) is 0 Å². The zero-order valence-corrected chi connectivity index (χ0v) is 14.1. The molecule has 0 N–H and O–H groups in total. The lowest BCUT2D eigenvalue weighted by Crippen LogP contribution is -2.05. The van der Waals surface area contributed by atoms with Gasteiger partial charge in [0.25, 0.3) is 0 Å². The van der Waals surface area contributed by atoms with E-state index < -0.39 is 0 Å². The minimum Gasteiger partial charge on any atom is -0.294 e. The van der Waals surface area contributed by atoms with Crippen molar-refractivity contribution in [2.75, 3.05) is 0 Å². The number of aryl methyl sites for hydroxylation is 1. The molecule has 0 spiro atoms. The molecule has 24 heavy (non-hydrogen) atoms. The number of aromatic nitrogens is 1. The van der Waals surface area contributed by atoms with Crippen LogP contribution >= 0.6 is 0 Å². The number of nitrogens with zero attached hydrogens (tertiary/aromatic N) is 1. The molecule has 0 fully saturated rings. The van der Waals surface area contributed by atoms with Gasteiger partial charge in [-0.15, -0.1) is 0 Å². The molecule has 1 atom stereocenters. The maximum Gasteiger partial charge on any atom is 0.163 e. The first-order valence-corrected chi connectivity index (χ1v) is 8.25. The lowest BCUT2D eigenvalue weighted by Gasteiger charge is -2.11. The van der Waals surface area contributed by atoms with Crippen molar-refractivity contribution in [3.8, 4) is 11.3 Å². The van der Waals surface area contributed by atoms with Gasteiger partial charge < -0.3 is 0 Å². The summed E-state index contributed by atoms with van der Waals surface area (Å²) >= 11 is 0. The van der Waals surface area contributed by atoms with Crippen molar-refractivity contribution in [3.63, 3.8) is 0 Å². The Balaban J connectivity index is 1.74. The van der Waals surface area contributed by atoms with Crippen molar-refractivity contribution >= 4 is 5.78 Å². The summed E-state index contributed by atoms with van der Waals surface area (Å²) in [5.74, 6) is 0.395. The van der Waals surface area contributed by atoms with E-state index in [-0.39, 0.29) is 11.7 Å². The molecule has 3 aromatic rings. The predicted molar refractivity (Wildman–Crippen MR) is 98.2 cm³/mol. The molecular formula is C22H21NO. The summed E-state index contributed by atoms with van der Waals surface area (Å²) < 4.78 is 0. The van der Waals surface area contributed by atoms with Crippen molar-refractivity contribution in [2.24, 2.45) is 0 Å². The molecule has 1 aromatic heterocycles. The first kappa shape index (κ1) is 16.1. The SMILES string of the molecule is Cc1cccnc1-c1ccc(C(=O)CC(C)c2ccccc2)cc1. The van der Waals surface area contributed by atoms with E-state index in [4.69, 9.17) is 0 Å². The summed E-state index contributed by atoms with van der Waals surface area (Å²) in [7, 11) is 0. The van der Waals surface area contributed by atoms with E-state index in [1.54, 1.807) is 6.20 Å². The molecule has 2 aromatic carbocycles. The number of carbonyl (C=O) groups excluding carboxylic acids is 1. The number of hydrogen-bond donors (Lipinski definition) is 0. The molecule has 3 rings (SSSR count). The van der Waals surface area contributed by atoms with Gasteiger partial charge in [0.05, 0.1) is 5.69 Å². The van der Waals surface area contributed by atoms with Gasteiger partial charge in [-0.3, -0.25) is 9.78 Å². The van der Waals surface area contributed by atoms with E-state index >= 15 is 0 Å². The summed E-state index contributed by atoms with van der Waals surface area (Å²) in [6, 6.07) is 21.9. The lowest BCUT2D eigenvalue weighted by molar-refractivity contribution is 0.0975. The Kier molecular flexibility index (Phi) is 4.85. The Morgan fingerprint density at radius 1 is 0.958 bits per heavy atom. The number of benzene rings is 2. The Bertz CT molecular complexity index is 822. The first-order chi connectivity index (χ1) is 11.6. The number of ketones is 1. The molecule has 0 aliphatic carbocycles. The Labute approximate surface area is 143 Å². The van der Waals surface area contributed by atoms with Gasteiger partial charge >= 0.3 is 0 Å². The number of carbonyl (C=O) groups is 1. The van der Waals surface area contributed by atoms with Crippen molar-refractivity contribution in [1.82, 2.24) is 4.98 Å². The van der Waals surface area contributed by atoms with Crippen LogP contribution in [0.3, 0.4) is 0 Å². The zero-order valence-electron chi connectivity index (χ0n) is 14.1. The molecule has 0 saturated heterocycles. The first-order valence-electron chi connectivity index (χ1n) is 8.25. The number of pyridine rings is 1.